The van der Waals surface area contributed by atoms with Crippen molar-refractivity contribution in [3.8, 4) is 62.1 Å². The van der Waals surface area contributed by atoms with E-state index in [2.05, 4.69) is 187 Å². The van der Waals surface area contributed by atoms with Crippen molar-refractivity contribution in [2.75, 3.05) is 0 Å². The van der Waals surface area contributed by atoms with Gasteiger partial charge in [0.05, 0.1) is 15.7 Å². The van der Waals surface area contributed by atoms with Crippen molar-refractivity contribution in [2.24, 2.45) is 0 Å². The molecule has 0 radical (unpaired) electrons. The Bertz CT molecular complexity index is 3100. The summed E-state index contributed by atoms with van der Waals surface area (Å²) < 4.78 is 4.81. The zero-order valence-electron chi connectivity index (χ0n) is 30.2. The van der Waals surface area contributed by atoms with Crippen LogP contribution >= 0.6 is 11.3 Å². The van der Waals surface area contributed by atoms with Crippen LogP contribution in [0.3, 0.4) is 0 Å². The fourth-order valence-electron chi connectivity index (χ4n) is 7.96. The smallest absolute Gasteiger partial charge is 0.165 e. The molecule has 0 fully saturated rings. The number of benzene rings is 8. The molecule has 8 aromatic carbocycles. The average Bonchev–Trinajstić information content (AvgIpc) is 3.84. The van der Waals surface area contributed by atoms with Crippen molar-refractivity contribution < 1.29 is 0 Å². The van der Waals surface area contributed by atoms with Crippen molar-refractivity contribution in [1.82, 2.24) is 19.5 Å². The highest BCUT2D eigenvalue weighted by Crippen LogP contribution is 2.45. The van der Waals surface area contributed by atoms with E-state index in [0.29, 0.717) is 17.5 Å². The zero-order chi connectivity index (χ0) is 37.0. The fraction of sp³-hybridized carbons (Fsp3) is 0. The van der Waals surface area contributed by atoms with Gasteiger partial charge in [0.25, 0.3) is 0 Å². The number of rotatable bonds is 6. The maximum atomic E-state index is 5.23. The van der Waals surface area contributed by atoms with Gasteiger partial charge >= 0.3 is 0 Å². The average molecular weight is 733 g/mol. The number of fused-ring (bicyclic) bond motifs is 7. The van der Waals surface area contributed by atoms with Crippen LogP contribution < -0.4 is 0 Å². The molecule has 0 aliphatic rings. The van der Waals surface area contributed by atoms with Gasteiger partial charge < -0.3 is 4.57 Å². The van der Waals surface area contributed by atoms with Crippen molar-refractivity contribution >= 4 is 53.3 Å². The standard InChI is InChI=1S/C51H32N4S/c1-4-13-33(14-5-1)35-23-27-37(28-24-35)49-52-50(38-29-25-36(26-30-38)34-15-6-2-7-16-34)54-51(53-49)44-21-12-20-42-43-32-31-41-40-19-10-11-22-45(40)55(39-17-8-3-9-18-39)46(41)48(43)56-47(42)44/h1-32H. The predicted octanol–water partition coefficient (Wildman–Crippen LogP) is 13.7. The van der Waals surface area contributed by atoms with E-state index >= 15 is 0 Å². The monoisotopic (exact) mass is 732 g/mol. The third-order valence-corrected chi connectivity index (χ3v) is 12.0. The molecule has 0 atom stereocenters. The van der Waals surface area contributed by atoms with Crippen LogP contribution in [-0.4, -0.2) is 19.5 Å². The molecule has 262 valence electrons. The molecular formula is C51H32N4S. The second-order valence-electron chi connectivity index (χ2n) is 14.0. The summed E-state index contributed by atoms with van der Waals surface area (Å²) in [6.45, 7) is 0. The molecule has 0 aliphatic carbocycles. The van der Waals surface area contributed by atoms with E-state index in [1.54, 1.807) is 0 Å². The van der Waals surface area contributed by atoms with E-state index in [9.17, 15) is 0 Å². The summed E-state index contributed by atoms with van der Waals surface area (Å²) >= 11 is 1.82. The third kappa shape index (κ3) is 5.40. The van der Waals surface area contributed by atoms with E-state index in [1.165, 1.54) is 48.4 Å². The summed E-state index contributed by atoms with van der Waals surface area (Å²) in [4.78, 5) is 15.6. The minimum Gasteiger partial charge on any atom is -0.308 e. The quantitative estimate of drug-likeness (QED) is 0.171. The molecule has 0 saturated heterocycles. The molecule has 0 unspecified atom stereocenters. The van der Waals surface area contributed by atoms with E-state index in [4.69, 9.17) is 15.0 Å². The SMILES string of the molecule is c1ccc(-c2ccc(-c3nc(-c4ccc(-c5ccccc5)cc4)nc(-c4cccc5c4sc4c5ccc5c6ccccc6n(-c6ccccc6)c54)n3)cc2)cc1. The molecule has 56 heavy (non-hydrogen) atoms. The molecule has 0 aliphatic heterocycles. The van der Waals surface area contributed by atoms with Crippen molar-refractivity contribution in [3.63, 3.8) is 0 Å². The summed E-state index contributed by atoms with van der Waals surface area (Å²) in [7, 11) is 0. The Kier molecular flexibility index (Phi) is 7.64. The zero-order valence-corrected chi connectivity index (χ0v) is 31.0. The number of hydrogen-bond acceptors (Lipinski definition) is 4. The number of para-hydroxylation sites is 2. The Morgan fingerprint density at radius 1 is 0.321 bits per heavy atom. The predicted molar refractivity (Wildman–Crippen MR) is 234 cm³/mol. The van der Waals surface area contributed by atoms with Gasteiger partial charge in [0.1, 0.15) is 0 Å². The van der Waals surface area contributed by atoms with Crippen molar-refractivity contribution in [2.45, 2.75) is 0 Å². The lowest BCUT2D eigenvalue weighted by atomic mass is 10.0. The van der Waals surface area contributed by atoms with Gasteiger partial charge in [0, 0.05) is 48.6 Å². The molecule has 0 N–H and O–H groups in total. The molecule has 0 spiro atoms. The molecule has 0 saturated carbocycles. The number of hydrogen-bond donors (Lipinski definition) is 0. The molecule has 3 heterocycles. The molecule has 0 bridgehead atoms. The van der Waals surface area contributed by atoms with Gasteiger partial charge in [-0.1, -0.05) is 170 Å². The second-order valence-corrected chi connectivity index (χ2v) is 15.0. The van der Waals surface area contributed by atoms with Gasteiger partial charge in [0.2, 0.25) is 0 Å². The second kappa shape index (κ2) is 13.3. The Balaban J connectivity index is 1.12. The molecular weight excluding hydrogens is 701 g/mol. The highest BCUT2D eigenvalue weighted by Gasteiger charge is 2.21. The maximum Gasteiger partial charge on any atom is 0.165 e. The number of nitrogens with zero attached hydrogens (tertiary/aromatic N) is 4. The van der Waals surface area contributed by atoms with E-state index < -0.39 is 0 Å². The Morgan fingerprint density at radius 2 is 0.786 bits per heavy atom. The lowest BCUT2D eigenvalue weighted by Gasteiger charge is -2.10. The van der Waals surface area contributed by atoms with Gasteiger partial charge in [0.15, 0.2) is 17.5 Å². The first-order chi connectivity index (χ1) is 27.8. The highest BCUT2D eigenvalue weighted by atomic mass is 32.1. The van der Waals surface area contributed by atoms with Crippen LogP contribution in [0.5, 0.6) is 0 Å². The number of thiophene rings is 1. The van der Waals surface area contributed by atoms with Crippen LogP contribution in [0.25, 0.3) is 104 Å². The molecule has 11 rings (SSSR count). The number of aromatic nitrogens is 4. The molecule has 11 aromatic rings. The minimum absolute atomic E-state index is 0.640. The normalized spacial score (nSPS) is 11.6. The minimum atomic E-state index is 0.640. The first-order valence-electron chi connectivity index (χ1n) is 18.8. The van der Waals surface area contributed by atoms with Gasteiger partial charge in [-0.2, -0.15) is 0 Å². The van der Waals surface area contributed by atoms with Gasteiger partial charge in [-0.05, 0) is 46.5 Å². The van der Waals surface area contributed by atoms with Gasteiger partial charge in [-0.3, -0.25) is 0 Å². The summed E-state index contributed by atoms with van der Waals surface area (Å²) in [6.07, 6.45) is 0. The lowest BCUT2D eigenvalue weighted by Crippen LogP contribution is -2.00. The van der Waals surface area contributed by atoms with Crippen molar-refractivity contribution in [3.05, 3.63) is 194 Å². The molecule has 3 aromatic heterocycles. The molecule has 5 heteroatoms. The molecule has 4 nitrogen and oxygen atoms in total. The van der Waals surface area contributed by atoms with Crippen LogP contribution in [0, 0.1) is 0 Å². The van der Waals surface area contributed by atoms with Crippen molar-refractivity contribution in [1.29, 1.82) is 0 Å². The first-order valence-corrected chi connectivity index (χ1v) is 19.6. The Hall–Kier alpha value is -7.21. The van der Waals surface area contributed by atoms with E-state index in [-0.39, 0.29) is 0 Å². The van der Waals surface area contributed by atoms with Crippen LogP contribution in [0.4, 0.5) is 0 Å². The van der Waals surface area contributed by atoms with E-state index in [0.717, 1.165) is 38.2 Å². The third-order valence-electron chi connectivity index (χ3n) is 10.7. The maximum absolute atomic E-state index is 5.23. The Labute approximate surface area is 327 Å². The Morgan fingerprint density at radius 3 is 1.41 bits per heavy atom. The lowest BCUT2D eigenvalue weighted by molar-refractivity contribution is 1.08. The summed E-state index contributed by atoms with van der Waals surface area (Å²) in [6, 6.07) is 68.4. The first kappa shape index (κ1) is 32.2. The topological polar surface area (TPSA) is 43.6 Å². The van der Waals surface area contributed by atoms with Gasteiger partial charge in [-0.15, -0.1) is 11.3 Å². The van der Waals surface area contributed by atoms with Gasteiger partial charge in [-0.25, -0.2) is 15.0 Å². The summed E-state index contributed by atoms with van der Waals surface area (Å²) in [5.74, 6) is 1.93. The molecule has 0 amide bonds. The summed E-state index contributed by atoms with van der Waals surface area (Å²) in [5.41, 5.74) is 11.1. The van der Waals surface area contributed by atoms with Crippen LogP contribution in [0.15, 0.2) is 194 Å². The van der Waals surface area contributed by atoms with Crippen LogP contribution in [0.1, 0.15) is 0 Å². The largest absolute Gasteiger partial charge is 0.308 e. The van der Waals surface area contributed by atoms with Crippen LogP contribution in [-0.2, 0) is 0 Å². The summed E-state index contributed by atoms with van der Waals surface area (Å²) in [5, 5.41) is 4.90. The fourth-order valence-corrected chi connectivity index (χ4v) is 9.31. The highest BCUT2D eigenvalue weighted by molar-refractivity contribution is 7.27. The van der Waals surface area contributed by atoms with E-state index in [1.807, 2.05) is 23.5 Å². The van der Waals surface area contributed by atoms with Crippen LogP contribution in [0.2, 0.25) is 0 Å².